The van der Waals surface area contributed by atoms with Crippen LogP contribution in [0.2, 0.25) is 0 Å². The minimum Gasteiger partial charge on any atom is -0.326 e. The van der Waals surface area contributed by atoms with Crippen LogP contribution in [0, 0.1) is 5.82 Å². The van der Waals surface area contributed by atoms with Gasteiger partial charge in [-0.25, -0.2) is 4.39 Å². The summed E-state index contributed by atoms with van der Waals surface area (Å²) in [5.74, 6) is 0.0394. The van der Waals surface area contributed by atoms with Crippen molar-refractivity contribution in [3.05, 3.63) is 77.7 Å². The molecule has 0 unspecified atom stereocenters. The second-order valence-corrected chi connectivity index (χ2v) is 6.51. The largest absolute Gasteiger partial charge is 0.326 e. The first-order valence-corrected chi connectivity index (χ1v) is 8.27. The zero-order valence-corrected chi connectivity index (χ0v) is 13.4. The van der Waals surface area contributed by atoms with Gasteiger partial charge in [0.2, 0.25) is 0 Å². The van der Waals surface area contributed by atoms with E-state index in [-0.39, 0.29) is 17.8 Å². The van der Waals surface area contributed by atoms with E-state index in [0.717, 1.165) is 36.1 Å². The van der Waals surface area contributed by atoms with Gasteiger partial charge in [0.15, 0.2) is 0 Å². The smallest absolute Gasteiger partial charge is 0.123 e. The molecule has 4 rings (SSSR count). The lowest BCUT2D eigenvalue weighted by molar-refractivity contribution is 0.325. The lowest BCUT2D eigenvalue weighted by Crippen LogP contribution is -2.28. The molecular formula is C20H20FN3. The summed E-state index contributed by atoms with van der Waals surface area (Å²) >= 11 is 0. The fraction of sp³-hybridized carbons (Fsp3) is 0.250. The van der Waals surface area contributed by atoms with E-state index in [9.17, 15) is 4.39 Å². The average Bonchev–Trinajstić information content (AvgIpc) is 2.96. The van der Waals surface area contributed by atoms with Crippen LogP contribution < -0.4 is 5.73 Å². The van der Waals surface area contributed by atoms with Crippen LogP contribution in [0.15, 0.2) is 60.8 Å². The lowest BCUT2D eigenvalue weighted by Gasteiger charge is -2.17. The summed E-state index contributed by atoms with van der Waals surface area (Å²) in [6.07, 6.45) is 1.84. The van der Waals surface area contributed by atoms with Gasteiger partial charge in [0, 0.05) is 43.2 Å². The standard InChI is InChI=1S/C20H20FN3/c21-17-8-6-14(7-9-17)18-12-24(13-19(18)22)11-16-4-1-3-15-5-2-10-23-20(15)16/h1-10,18-19H,11-13,22H2/t18-,19-/m1/s1. The van der Waals surface area contributed by atoms with Crippen LogP contribution in [0.25, 0.3) is 10.9 Å². The van der Waals surface area contributed by atoms with Gasteiger partial charge >= 0.3 is 0 Å². The van der Waals surface area contributed by atoms with Crippen LogP contribution >= 0.6 is 0 Å². The van der Waals surface area contributed by atoms with Gasteiger partial charge in [-0.2, -0.15) is 0 Å². The molecule has 0 radical (unpaired) electrons. The van der Waals surface area contributed by atoms with Crippen LogP contribution in [0.1, 0.15) is 17.0 Å². The van der Waals surface area contributed by atoms with Crippen molar-refractivity contribution in [1.82, 2.24) is 9.88 Å². The Morgan fingerprint density at radius 1 is 1.04 bits per heavy atom. The Balaban J connectivity index is 1.55. The number of hydrogen-bond acceptors (Lipinski definition) is 3. The highest BCUT2D eigenvalue weighted by molar-refractivity contribution is 5.81. The van der Waals surface area contributed by atoms with Crippen LogP contribution in [-0.2, 0) is 6.54 Å². The molecule has 2 atom stereocenters. The Labute approximate surface area is 140 Å². The number of hydrogen-bond donors (Lipinski definition) is 1. The van der Waals surface area contributed by atoms with Crippen molar-refractivity contribution < 1.29 is 4.39 Å². The first-order chi connectivity index (χ1) is 11.7. The van der Waals surface area contributed by atoms with E-state index >= 15 is 0 Å². The van der Waals surface area contributed by atoms with E-state index in [2.05, 4.69) is 34.1 Å². The molecule has 1 fully saturated rings. The van der Waals surface area contributed by atoms with Crippen molar-refractivity contribution in [2.45, 2.75) is 18.5 Å². The van der Waals surface area contributed by atoms with Gasteiger partial charge in [0.1, 0.15) is 5.82 Å². The van der Waals surface area contributed by atoms with E-state index in [1.54, 1.807) is 0 Å². The number of nitrogens with two attached hydrogens (primary N) is 1. The molecule has 0 aliphatic carbocycles. The first-order valence-electron chi connectivity index (χ1n) is 8.27. The number of aromatic nitrogens is 1. The molecular weight excluding hydrogens is 301 g/mol. The van der Waals surface area contributed by atoms with Gasteiger partial charge < -0.3 is 5.73 Å². The summed E-state index contributed by atoms with van der Waals surface area (Å²) in [7, 11) is 0. The Kier molecular flexibility index (Phi) is 4.00. The molecule has 0 amide bonds. The van der Waals surface area contributed by atoms with E-state index in [1.807, 2.05) is 24.4 Å². The molecule has 4 heteroatoms. The third-order valence-corrected chi connectivity index (χ3v) is 4.85. The predicted octanol–water partition coefficient (Wildman–Crippen LogP) is 3.30. The van der Waals surface area contributed by atoms with Gasteiger partial charge in [-0.1, -0.05) is 36.4 Å². The van der Waals surface area contributed by atoms with Crippen LogP contribution in [0.5, 0.6) is 0 Å². The number of para-hydroxylation sites is 1. The van der Waals surface area contributed by atoms with Gasteiger partial charge in [-0.3, -0.25) is 9.88 Å². The molecule has 122 valence electrons. The van der Waals surface area contributed by atoms with Crippen molar-refractivity contribution in [2.24, 2.45) is 5.73 Å². The second kappa shape index (κ2) is 6.30. The molecule has 2 heterocycles. The molecule has 3 nitrogen and oxygen atoms in total. The van der Waals surface area contributed by atoms with E-state index in [0.29, 0.717) is 0 Å². The quantitative estimate of drug-likeness (QED) is 0.805. The lowest BCUT2D eigenvalue weighted by atomic mass is 9.95. The molecule has 1 aromatic heterocycles. The molecule has 2 N–H and O–H groups in total. The van der Waals surface area contributed by atoms with Crippen LogP contribution in [0.4, 0.5) is 4.39 Å². The predicted molar refractivity (Wildman–Crippen MR) is 94.1 cm³/mol. The molecule has 1 saturated heterocycles. The SMILES string of the molecule is N[C@@H]1CN(Cc2cccc3cccnc23)C[C@@H]1c1ccc(F)cc1. The molecule has 1 aliphatic rings. The van der Waals surface area contributed by atoms with Crippen LogP contribution in [0.3, 0.4) is 0 Å². The van der Waals surface area contributed by atoms with Crippen molar-refractivity contribution in [1.29, 1.82) is 0 Å². The number of rotatable bonds is 3. The summed E-state index contributed by atoms with van der Waals surface area (Å²) in [5, 5.41) is 1.16. The Bertz CT molecular complexity index is 842. The maximum atomic E-state index is 13.1. The first kappa shape index (κ1) is 15.2. The van der Waals surface area contributed by atoms with Gasteiger partial charge in [0.05, 0.1) is 5.52 Å². The highest BCUT2D eigenvalue weighted by Gasteiger charge is 2.31. The minimum atomic E-state index is -0.205. The van der Waals surface area contributed by atoms with E-state index in [4.69, 9.17) is 5.73 Å². The number of pyridine rings is 1. The zero-order valence-electron chi connectivity index (χ0n) is 13.4. The van der Waals surface area contributed by atoms with E-state index < -0.39 is 0 Å². The van der Waals surface area contributed by atoms with Crippen LogP contribution in [-0.4, -0.2) is 29.0 Å². The second-order valence-electron chi connectivity index (χ2n) is 6.51. The Morgan fingerprint density at radius 3 is 2.67 bits per heavy atom. The monoisotopic (exact) mass is 321 g/mol. The van der Waals surface area contributed by atoms with Gasteiger partial charge in [-0.15, -0.1) is 0 Å². The maximum Gasteiger partial charge on any atom is 0.123 e. The summed E-state index contributed by atoms with van der Waals surface area (Å²) in [6.45, 7) is 2.56. The summed E-state index contributed by atoms with van der Waals surface area (Å²) in [4.78, 5) is 6.89. The summed E-state index contributed by atoms with van der Waals surface area (Å²) < 4.78 is 13.1. The van der Waals surface area contributed by atoms with Crippen molar-refractivity contribution in [3.8, 4) is 0 Å². The number of nitrogens with zero attached hydrogens (tertiary/aromatic N) is 2. The highest BCUT2D eigenvalue weighted by Crippen LogP contribution is 2.28. The Hall–Kier alpha value is -2.30. The number of benzene rings is 2. The number of halogens is 1. The molecule has 1 aliphatic heterocycles. The molecule has 0 spiro atoms. The summed E-state index contributed by atoms with van der Waals surface area (Å²) in [6, 6.07) is 17.1. The molecule has 24 heavy (non-hydrogen) atoms. The van der Waals surface area contributed by atoms with E-state index in [1.165, 1.54) is 17.7 Å². The topological polar surface area (TPSA) is 42.1 Å². The maximum absolute atomic E-state index is 13.1. The van der Waals surface area contributed by atoms with Gasteiger partial charge in [0.25, 0.3) is 0 Å². The molecule has 2 aromatic carbocycles. The van der Waals surface area contributed by atoms with Crippen molar-refractivity contribution in [3.63, 3.8) is 0 Å². The Morgan fingerprint density at radius 2 is 1.83 bits per heavy atom. The normalized spacial score (nSPS) is 21.4. The third kappa shape index (κ3) is 2.90. The highest BCUT2D eigenvalue weighted by atomic mass is 19.1. The molecule has 0 bridgehead atoms. The summed E-state index contributed by atoms with van der Waals surface area (Å²) in [5.41, 5.74) is 9.74. The number of fused-ring (bicyclic) bond motifs is 1. The fourth-order valence-corrected chi connectivity index (χ4v) is 3.64. The van der Waals surface area contributed by atoms with Crippen molar-refractivity contribution >= 4 is 10.9 Å². The van der Waals surface area contributed by atoms with Crippen molar-refractivity contribution in [2.75, 3.05) is 13.1 Å². The fourth-order valence-electron chi connectivity index (χ4n) is 3.64. The average molecular weight is 321 g/mol. The number of likely N-dealkylation sites (tertiary alicyclic amines) is 1. The van der Waals surface area contributed by atoms with Gasteiger partial charge in [-0.05, 0) is 29.3 Å². The third-order valence-electron chi connectivity index (χ3n) is 4.85. The zero-order chi connectivity index (χ0) is 16.5. The molecule has 0 saturated carbocycles. The minimum absolute atomic E-state index is 0.0680. The molecule has 3 aromatic rings.